The number of hydrogen-bond donors (Lipinski definition) is 0. The van der Waals surface area contributed by atoms with Crippen molar-refractivity contribution in [3.63, 3.8) is 0 Å². The van der Waals surface area contributed by atoms with Crippen LogP contribution in [0.25, 0.3) is 0 Å². The van der Waals surface area contributed by atoms with E-state index in [-0.39, 0.29) is 18.1 Å². The summed E-state index contributed by atoms with van der Waals surface area (Å²) in [5, 5.41) is 0. The van der Waals surface area contributed by atoms with Crippen molar-refractivity contribution < 1.29 is 14.3 Å². The van der Waals surface area contributed by atoms with Crippen LogP contribution in [0.15, 0.2) is 0 Å². The molecule has 1 amide bonds. The summed E-state index contributed by atoms with van der Waals surface area (Å²) in [6.07, 6.45) is 0.291. The highest BCUT2D eigenvalue weighted by Gasteiger charge is 2.27. The average molecular weight is 242 g/mol. The van der Waals surface area contributed by atoms with Gasteiger partial charge in [0.05, 0.1) is 32.0 Å². The van der Waals surface area contributed by atoms with E-state index in [9.17, 15) is 4.79 Å². The first kappa shape index (κ1) is 12.8. The Bertz CT molecular complexity index is 256. The summed E-state index contributed by atoms with van der Waals surface area (Å²) >= 11 is 0. The van der Waals surface area contributed by atoms with Gasteiger partial charge >= 0.3 is 0 Å². The lowest BCUT2D eigenvalue weighted by Gasteiger charge is -2.37. The largest absolute Gasteiger partial charge is 0.379 e. The maximum atomic E-state index is 12.1. The summed E-state index contributed by atoms with van der Waals surface area (Å²) in [7, 11) is 0. The van der Waals surface area contributed by atoms with Crippen LogP contribution in [0.2, 0.25) is 0 Å². The Labute approximate surface area is 103 Å². The normalized spacial score (nSPS) is 31.5. The van der Waals surface area contributed by atoms with Crippen LogP contribution in [0.1, 0.15) is 13.8 Å². The SMILES string of the molecule is CC1CN(C(=O)CN2CCOCC2)CC(C)O1. The Morgan fingerprint density at radius 2 is 1.76 bits per heavy atom. The number of ether oxygens (including phenoxy) is 2. The summed E-state index contributed by atoms with van der Waals surface area (Å²) in [5.41, 5.74) is 0. The molecule has 2 heterocycles. The number of hydrogen-bond acceptors (Lipinski definition) is 4. The molecule has 2 atom stereocenters. The molecule has 0 saturated carbocycles. The predicted octanol–water partition coefficient (Wildman–Crippen LogP) is -0.0456. The standard InChI is InChI=1S/C12H22N2O3/c1-10-7-14(8-11(2)17-10)12(15)9-13-3-5-16-6-4-13/h10-11H,3-9H2,1-2H3. The van der Waals surface area contributed by atoms with Gasteiger partial charge in [-0.3, -0.25) is 9.69 Å². The van der Waals surface area contributed by atoms with Gasteiger partial charge in [0.25, 0.3) is 0 Å². The average Bonchev–Trinajstić information content (AvgIpc) is 2.29. The third-order valence-corrected chi connectivity index (χ3v) is 3.23. The maximum Gasteiger partial charge on any atom is 0.236 e. The lowest BCUT2D eigenvalue weighted by Crippen LogP contribution is -2.52. The zero-order valence-corrected chi connectivity index (χ0v) is 10.7. The van der Waals surface area contributed by atoms with Crippen LogP contribution in [0, 0.1) is 0 Å². The van der Waals surface area contributed by atoms with Gasteiger partial charge in [-0.1, -0.05) is 0 Å². The van der Waals surface area contributed by atoms with Crippen LogP contribution in [-0.4, -0.2) is 73.9 Å². The first-order chi connectivity index (χ1) is 8.15. The van der Waals surface area contributed by atoms with E-state index in [4.69, 9.17) is 9.47 Å². The molecule has 0 N–H and O–H groups in total. The van der Waals surface area contributed by atoms with Gasteiger partial charge in [-0.15, -0.1) is 0 Å². The number of carbonyl (C=O) groups is 1. The van der Waals surface area contributed by atoms with E-state index in [2.05, 4.69) is 4.90 Å². The molecule has 2 saturated heterocycles. The Balaban J connectivity index is 1.81. The van der Waals surface area contributed by atoms with Crippen molar-refractivity contribution in [1.29, 1.82) is 0 Å². The Morgan fingerprint density at radius 1 is 1.18 bits per heavy atom. The summed E-state index contributed by atoms with van der Waals surface area (Å²) in [5.74, 6) is 0.217. The van der Waals surface area contributed by atoms with Crippen LogP contribution in [0.4, 0.5) is 0 Å². The van der Waals surface area contributed by atoms with Gasteiger partial charge in [-0.25, -0.2) is 0 Å². The monoisotopic (exact) mass is 242 g/mol. The molecule has 2 rings (SSSR count). The van der Waals surface area contributed by atoms with Crippen LogP contribution in [-0.2, 0) is 14.3 Å². The van der Waals surface area contributed by atoms with Gasteiger partial charge in [-0.05, 0) is 13.8 Å². The van der Waals surface area contributed by atoms with E-state index in [0.29, 0.717) is 19.6 Å². The highest BCUT2D eigenvalue weighted by Crippen LogP contribution is 2.11. The summed E-state index contributed by atoms with van der Waals surface area (Å²) < 4.78 is 10.9. The minimum absolute atomic E-state index is 0.146. The molecule has 2 unspecified atom stereocenters. The van der Waals surface area contributed by atoms with Crippen molar-refractivity contribution in [2.75, 3.05) is 45.9 Å². The lowest BCUT2D eigenvalue weighted by molar-refractivity contribution is -0.145. The Morgan fingerprint density at radius 3 is 2.35 bits per heavy atom. The molecule has 98 valence electrons. The Hall–Kier alpha value is -0.650. The summed E-state index contributed by atoms with van der Waals surface area (Å²) in [6.45, 7) is 9.19. The first-order valence-electron chi connectivity index (χ1n) is 6.38. The van der Waals surface area contributed by atoms with E-state index in [1.54, 1.807) is 0 Å². The number of carbonyl (C=O) groups excluding carboxylic acids is 1. The smallest absolute Gasteiger partial charge is 0.236 e. The van der Waals surface area contributed by atoms with E-state index >= 15 is 0 Å². The fourth-order valence-corrected chi connectivity index (χ4v) is 2.43. The maximum absolute atomic E-state index is 12.1. The van der Waals surface area contributed by atoms with Gasteiger partial charge in [0.15, 0.2) is 0 Å². The van der Waals surface area contributed by atoms with E-state index in [0.717, 1.165) is 26.3 Å². The van der Waals surface area contributed by atoms with Gasteiger partial charge in [0.2, 0.25) is 5.91 Å². The van der Waals surface area contributed by atoms with Gasteiger partial charge in [0, 0.05) is 26.2 Å². The molecule has 0 bridgehead atoms. The first-order valence-corrected chi connectivity index (χ1v) is 6.38. The van der Waals surface area contributed by atoms with Crippen molar-refractivity contribution in [2.24, 2.45) is 0 Å². The molecule has 5 nitrogen and oxygen atoms in total. The molecule has 2 fully saturated rings. The van der Waals surface area contributed by atoms with Gasteiger partial charge in [0.1, 0.15) is 0 Å². The topological polar surface area (TPSA) is 42.0 Å². The number of nitrogens with zero attached hydrogens (tertiary/aromatic N) is 2. The summed E-state index contributed by atoms with van der Waals surface area (Å²) in [4.78, 5) is 16.2. The fraction of sp³-hybridized carbons (Fsp3) is 0.917. The summed E-state index contributed by atoms with van der Waals surface area (Å²) in [6, 6.07) is 0. The second-order valence-corrected chi connectivity index (χ2v) is 4.94. The van der Waals surface area contributed by atoms with Crippen molar-refractivity contribution in [3.8, 4) is 0 Å². The van der Waals surface area contributed by atoms with Crippen LogP contribution < -0.4 is 0 Å². The molecule has 0 aromatic heterocycles. The molecule has 0 aromatic rings. The van der Waals surface area contributed by atoms with Gasteiger partial charge in [-0.2, -0.15) is 0 Å². The molecular weight excluding hydrogens is 220 g/mol. The quantitative estimate of drug-likeness (QED) is 0.681. The van der Waals surface area contributed by atoms with Crippen molar-refractivity contribution in [3.05, 3.63) is 0 Å². The minimum Gasteiger partial charge on any atom is -0.379 e. The highest BCUT2D eigenvalue weighted by atomic mass is 16.5. The number of rotatable bonds is 2. The van der Waals surface area contributed by atoms with Crippen LogP contribution >= 0.6 is 0 Å². The molecule has 2 aliphatic rings. The van der Waals surface area contributed by atoms with E-state index in [1.807, 2.05) is 18.7 Å². The van der Waals surface area contributed by atoms with Crippen molar-refractivity contribution in [1.82, 2.24) is 9.80 Å². The van der Waals surface area contributed by atoms with Crippen LogP contribution in [0.3, 0.4) is 0 Å². The molecule has 0 radical (unpaired) electrons. The lowest BCUT2D eigenvalue weighted by atomic mass is 10.2. The zero-order chi connectivity index (χ0) is 12.3. The molecule has 2 aliphatic heterocycles. The molecule has 5 heteroatoms. The second-order valence-electron chi connectivity index (χ2n) is 4.94. The third kappa shape index (κ3) is 3.66. The molecular formula is C12H22N2O3. The van der Waals surface area contributed by atoms with E-state index < -0.39 is 0 Å². The predicted molar refractivity (Wildman–Crippen MR) is 63.8 cm³/mol. The fourth-order valence-electron chi connectivity index (χ4n) is 2.43. The Kier molecular flexibility index (Phi) is 4.36. The highest BCUT2D eigenvalue weighted by molar-refractivity contribution is 5.78. The molecule has 0 aliphatic carbocycles. The molecule has 17 heavy (non-hydrogen) atoms. The zero-order valence-electron chi connectivity index (χ0n) is 10.7. The minimum atomic E-state index is 0.146. The van der Waals surface area contributed by atoms with Crippen molar-refractivity contribution >= 4 is 5.91 Å². The molecule has 0 spiro atoms. The second kappa shape index (κ2) is 5.80. The third-order valence-electron chi connectivity index (χ3n) is 3.23. The number of morpholine rings is 2. The van der Waals surface area contributed by atoms with Crippen LogP contribution in [0.5, 0.6) is 0 Å². The van der Waals surface area contributed by atoms with E-state index in [1.165, 1.54) is 0 Å². The van der Waals surface area contributed by atoms with Gasteiger partial charge < -0.3 is 14.4 Å². The molecule has 0 aromatic carbocycles. The van der Waals surface area contributed by atoms with Crippen molar-refractivity contribution in [2.45, 2.75) is 26.1 Å². The number of amides is 1.